The Morgan fingerprint density at radius 1 is 1.25 bits per heavy atom. The summed E-state index contributed by atoms with van der Waals surface area (Å²) in [5.74, 6) is -0.496. The first-order valence-electron chi connectivity index (χ1n) is 9.24. The summed E-state index contributed by atoms with van der Waals surface area (Å²) >= 11 is 5.94. The van der Waals surface area contributed by atoms with Crippen LogP contribution < -0.4 is 16.0 Å². The highest BCUT2D eigenvalue weighted by molar-refractivity contribution is 7.53. The third-order valence-electron chi connectivity index (χ3n) is 4.21. The third kappa shape index (κ3) is 6.37. The van der Waals surface area contributed by atoms with Crippen molar-refractivity contribution >= 4 is 36.6 Å². The number of anilines is 1. The zero-order valence-electron chi connectivity index (χ0n) is 16.3. The molecular weight excluding hydrogens is 405 g/mol. The molecule has 0 bridgehead atoms. The predicted molar refractivity (Wildman–Crippen MR) is 109 cm³/mol. The summed E-state index contributed by atoms with van der Waals surface area (Å²) in [5.41, 5.74) is 0.749. The van der Waals surface area contributed by atoms with Crippen molar-refractivity contribution in [3.05, 3.63) is 28.8 Å². The highest BCUT2D eigenvalue weighted by atomic mass is 35.5. The van der Waals surface area contributed by atoms with Crippen molar-refractivity contribution in [2.24, 2.45) is 0 Å². The molecule has 1 saturated heterocycles. The van der Waals surface area contributed by atoms with E-state index in [9.17, 15) is 14.2 Å². The zero-order valence-corrected chi connectivity index (χ0v) is 17.9. The van der Waals surface area contributed by atoms with Crippen molar-refractivity contribution in [3.8, 4) is 0 Å². The van der Waals surface area contributed by atoms with Gasteiger partial charge >= 0.3 is 7.60 Å². The van der Waals surface area contributed by atoms with Crippen molar-refractivity contribution in [1.82, 2.24) is 10.6 Å². The Labute approximate surface area is 170 Å². The van der Waals surface area contributed by atoms with Gasteiger partial charge in [0, 0.05) is 29.7 Å². The minimum absolute atomic E-state index is 0.158. The standard InChI is InChI=1S/C18H27ClN3O5P/c1-4-26-28(25,27-5-2)11-14-9-20-10-17(21-14)18(24)22-16-7-6-13(19)8-15(16)12(3)23/h6-8,14,17,20-21H,4-5,9-11H2,1-3H3,(H,22,24). The normalized spacial score (nSPS) is 20.0. The van der Waals surface area contributed by atoms with Crippen LogP contribution in [0.5, 0.6) is 0 Å². The highest BCUT2D eigenvalue weighted by Gasteiger charge is 2.33. The van der Waals surface area contributed by atoms with Crippen LogP contribution in [0.15, 0.2) is 18.2 Å². The van der Waals surface area contributed by atoms with Crippen LogP contribution in [-0.4, -0.2) is 56.2 Å². The Balaban J connectivity index is 2.05. The summed E-state index contributed by atoms with van der Waals surface area (Å²) in [6.45, 7) is 6.43. The Bertz CT molecular complexity index is 751. The van der Waals surface area contributed by atoms with Gasteiger partial charge in [0.05, 0.1) is 31.1 Å². The molecule has 1 aromatic carbocycles. The van der Waals surface area contributed by atoms with Crippen LogP contribution in [0.3, 0.4) is 0 Å². The smallest absolute Gasteiger partial charge is 0.324 e. The monoisotopic (exact) mass is 431 g/mol. The Kier molecular flexibility index (Phi) is 8.61. The fraction of sp³-hybridized carbons (Fsp3) is 0.556. The number of rotatable bonds is 9. The average Bonchev–Trinajstić information content (AvgIpc) is 2.63. The second-order valence-corrected chi connectivity index (χ2v) is 8.98. The molecule has 1 aromatic rings. The molecule has 0 aromatic heterocycles. The lowest BCUT2D eigenvalue weighted by atomic mass is 10.1. The topological polar surface area (TPSA) is 106 Å². The summed E-state index contributed by atoms with van der Waals surface area (Å²) in [7, 11) is -3.23. The fourth-order valence-corrected chi connectivity index (χ4v) is 5.05. The van der Waals surface area contributed by atoms with Crippen molar-refractivity contribution in [2.75, 3.05) is 37.8 Å². The van der Waals surface area contributed by atoms with Crippen LogP contribution in [0.25, 0.3) is 0 Å². The average molecular weight is 432 g/mol. The van der Waals surface area contributed by atoms with Gasteiger partial charge in [0.1, 0.15) is 0 Å². The van der Waals surface area contributed by atoms with E-state index in [2.05, 4.69) is 16.0 Å². The molecule has 2 rings (SSSR count). The number of amides is 1. The molecule has 2 unspecified atom stereocenters. The Morgan fingerprint density at radius 3 is 2.54 bits per heavy atom. The van der Waals surface area contributed by atoms with Gasteiger partial charge in [-0.25, -0.2) is 0 Å². The molecule has 8 nitrogen and oxygen atoms in total. The number of hydrogen-bond donors (Lipinski definition) is 3. The molecule has 10 heteroatoms. The predicted octanol–water partition coefficient (Wildman–Crippen LogP) is 2.68. The molecule has 2 atom stereocenters. The number of halogens is 1. The number of carbonyl (C=O) groups excluding carboxylic acids is 2. The molecule has 1 heterocycles. The maximum Gasteiger partial charge on any atom is 0.332 e. The number of benzene rings is 1. The van der Waals surface area contributed by atoms with E-state index in [4.69, 9.17) is 20.6 Å². The SMILES string of the molecule is CCOP(=O)(CC1CNCC(C(=O)Nc2ccc(Cl)cc2C(C)=O)N1)OCC. The van der Waals surface area contributed by atoms with E-state index >= 15 is 0 Å². The number of hydrogen-bond acceptors (Lipinski definition) is 7. The molecule has 1 aliphatic rings. The maximum atomic E-state index is 12.7. The van der Waals surface area contributed by atoms with Gasteiger partial charge in [-0.2, -0.15) is 0 Å². The zero-order chi connectivity index (χ0) is 20.7. The molecule has 1 amide bonds. The van der Waals surface area contributed by atoms with Gasteiger partial charge in [0.15, 0.2) is 5.78 Å². The van der Waals surface area contributed by atoms with Gasteiger partial charge in [0.25, 0.3) is 0 Å². The Hall–Kier alpha value is -1.28. The molecule has 0 radical (unpaired) electrons. The van der Waals surface area contributed by atoms with Crippen molar-refractivity contribution in [1.29, 1.82) is 0 Å². The van der Waals surface area contributed by atoms with Gasteiger partial charge in [-0.05, 0) is 39.0 Å². The molecule has 0 saturated carbocycles. The molecular formula is C18H27ClN3O5P. The van der Waals surface area contributed by atoms with Crippen LogP contribution in [0.2, 0.25) is 5.02 Å². The summed E-state index contributed by atoms with van der Waals surface area (Å²) in [4.78, 5) is 24.5. The minimum Gasteiger partial charge on any atom is -0.324 e. The maximum absolute atomic E-state index is 12.7. The third-order valence-corrected chi connectivity index (χ3v) is 6.63. The van der Waals surface area contributed by atoms with Gasteiger partial charge in [-0.1, -0.05) is 11.6 Å². The van der Waals surface area contributed by atoms with E-state index in [1.807, 2.05) is 0 Å². The summed E-state index contributed by atoms with van der Waals surface area (Å²) < 4.78 is 23.4. The first-order chi connectivity index (χ1) is 13.3. The van der Waals surface area contributed by atoms with Gasteiger partial charge < -0.3 is 25.0 Å². The van der Waals surface area contributed by atoms with E-state index < -0.39 is 13.6 Å². The van der Waals surface area contributed by atoms with Crippen molar-refractivity contribution in [3.63, 3.8) is 0 Å². The largest absolute Gasteiger partial charge is 0.332 e. The molecule has 156 valence electrons. The summed E-state index contributed by atoms with van der Waals surface area (Å²) in [6, 6.07) is 3.91. The van der Waals surface area contributed by atoms with E-state index in [1.54, 1.807) is 26.0 Å². The van der Waals surface area contributed by atoms with Crippen molar-refractivity contribution in [2.45, 2.75) is 32.9 Å². The molecule has 0 aliphatic carbocycles. The van der Waals surface area contributed by atoms with Crippen LogP contribution in [0.1, 0.15) is 31.1 Å². The second kappa shape index (κ2) is 10.5. The summed E-state index contributed by atoms with van der Waals surface area (Å²) in [6.07, 6.45) is 0.158. The molecule has 1 fully saturated rings. The van der Waals surface area contributed by atoms with Crippen LogP contribution in [-0.2, 0) is 18.4 Å². The first kappa shape index (κ1) is 23.0. The lowest BCUT2D eigenvalue weighted by molar-refractivity contribution is -0.118. The van der Waals surface area contributed by atoms with Gasteiger partial charge in [-0.15, -0.1) is 0 Å². The fourth-order valence-electron chi connectivity index (χ4n) is 3.03. The Morgan fingerprint density at radius 2 is 1.93 bits per heavy atom. The quantitative estimate of drug-likeness (QED) is 0.407. The van der Waals surface area contributed by atoms with Gasteiger partial charge in [-0.3, -0.25) is 14.2 Å². The van der Waals surface area contributed by atoms with Crippen LogP contribution >= 0.6 is 19.2 Å². The lowest BCUT2D eigenvalue weighted by Crippen LogP contribution is -2.60. The molecule has 3 N–H and O–H groups in total. The minimum atomic E-state index is -3.23. The van der Waals surface area contributed by atoms with Crippen molar-refractivity contribution < 1.29 is 23.2 Å². The second-order valence-electron chi connectivity index (χ2n) is 6.44. The molecule has 0 spiro atoms. The van der Waals surface area contributed by atoms with Crippen LogP contribution in [0.4, 0.5) is 5.69 Å². The number of Topliss-reactive ketones (excluding diaryl/α,β-unsaturated/α-hetero) is 1. The molecule has 1 aliphatic heterocycles. The lowest BCUT2D eigenvalue weighted by Gasteiger charge is -2.32. The number of ketones is 1. The van der Waals surface area contributed by atoms with E-state index in [0.717, 1.165) is 0 Å². The van der Waals surface area contributed by atoms with E-state index in [-0.39, 0.29) is 37.1 Å². The number of piperazine rings is 1. The first-order valence-corrected chi connectivity index (χ1v) is 11.3. The van der Waals surface area contributed by atoms with Gasteiger partial charge in [0.2, 0.25) is 5.91 Å². The van der Waals surface area contributed by atoms with E-state index in [1.165, 1.54) is 13.0 Å². The number of carbonyl (C=O) groups is 2. The number of nitrogens with one attached hydrogen (secondary N) is 3. The van der Waals surface area contributed by atoms with Crippen LogP contribution in [0, 0.1) is 0 Å². The highest BCUT2D eigenvalue weighted by Crippen LogP contribution is 2.48. The molecule has 28 heavy (non-hydrogen) atoms. The summed E-state index contributed by atoms with van der Waals surface area (Å²) in [5, 5.41) is 9.54. The van der Waals surface area contributed by atoms with E-state index in [0.29, 0.717) is 29.4 Å².